The van der Waals surface area contributed by atoms with Crippen LogP contribution in [0, 0.1) is 0 Å². The van der Waals surface area contributed by atoms with Gasteiger partial charge in [0, 0.05) is 9.75 Å². The van der Waals surface area contributed by atoms with Gasteiger partial charge in [-0.05, 0) is 25.0 Å². The maximum Gasteiger partial charge on any atom is 0.00480 e. The summed E-state index contributed by atoms with van der Waals surface area (Å²) in [6.07, 6.45) is 5.06. The molecule has 0 nitrogen and oxygen atoms in total. The van der Waals surface area contributed by atoms with Gasteiger partial charge in [0.2, 0.25) is 0 Å². The number of aryl methyl sites for hydroxylation is 2. The van der Waals surface area contributed by atoms with Gasteiger partial charge in [0.15, 0.2) is 0 Å². The van der Waals surface area contributed by atoms with Crippen LogP contribution in [0.25, 0.3) is 0 Å². The number of hydrogen-bond donors (Lipinski definition) is 0. The number of hydrogen-bond acceptors (Lipinski definition) is 1. The summed E-state index contributed by atoms with van der Waals surface area (Å²) in [5.41, 5.74) is 0. The molecule has 0 unspecified atom stereocenters. The SMILES string of the molecule is CCCc1ccc(CCC)s1. The summed E-state index contributed by atoms with van der Waals surface area (Å²) in [5.74, 6) is 0. The zero-order chi connectivity index (χ0) is 8.10. The molecule has 0 N–H and O–H groups in total. The topological polar surface area (TPSA) is 0 Å². The normalized spacial score (nSPS) is 10.4. The highest BCUT2D eigenvalue weighted by molar-refractivity contribution is 7.11. The maximum atomic E-state index is 2.28. The molecule has 1 heterocycles. The number of thiophene rings is 1. The van der Waals surface area contributed by atoms with E-state index >= 15 is 0 Å². The summed E-state index contributed by atoms with van der Waals surface area (Å²) in [6.45, 7) is 4.47. The molecular formula is C10H16S. The first kappa shape index (κ1) is 8.79. The second kappa shape index (κ2) is 4.55. The van der Waals surface area contributed by atoms with E-state index in [1.807, 2.05) is 11.3 Å². The van der Waals surface area contributed by atoms with Crippen molar-refractivity contribution in [3.05, 3.63) is 21.9 Å². The molecule has 0 saturated heterocycles. The monoisotopic (exact) mass is 168 g/mol. The van der Waals surface area contributed by atoms with Crippen LogP contribution in [-0.4, -0.2) is 0 Å². The smallest absolute Gasteiger partial charge is 0.00480 e. The van der Waals surface area contributed by atoms with Crippen LogP contribution in [0.4, 0.5) is 0 Å². The first-order valence-corrected chi connectivity index (χ1v) is 5.26. The van der Waals surface area contributed by atoms with Crippen LogP contribution in [0.1, 0.15) is 36.4 Å². The van der Waals surface area contributed by atoms with Crippen molar-refractivity contribution in [3.63, 3.8) is 0 Å². The molecule has 0 saturated carbocycles. The van der Waals surface area contributed by atoms with Gasteiger partial charge in [0.25, 0.3) is 0 Å². The van der Waals surface area contributed by atoms with Crippen LogP contribution >= 0.6 is 11.3 Å². The highest BCUT2D eigenvalue weighted by Gasteiger charge is 1.96. The van der Waals surface area contributed by atoms with E-state index in [1.165, 1.54) is 25.7 Å². The summed E-state index contributed by atoms with van der Waals surface area (Å²) in [5, 5.41) is 0. The molecule has 0 fully saturated rings. The first-order valence-electron chi connectivity index (χ1n) is 4.44. The Morgan fingerprint density at radius 2 is 1.45 bits per heavy atom. The molecule has 0 aliphatic carbocycles. The average Bonchev–Trinajstić information content (AvgIpc) is 2.38. The van der Waals surface area contributed by atoms with Crippen molar-refractivity contribution in [2.45, 2.75) is 39.5 Å². The van der Waals surface area contributed by atoms with Gasteiger partial charge in [-0.3, -0.25) is 0 Å². The van der Waals surface area contributed by atoms with Gasteiger partial charge in [-0.15, -0.1) is 11.3 Å². The lowest BCUT2D eigenvalue weighted by Crippen LogP contribution is -1.73. The van der Waals surface area contributed by atoms with E-state index < -0.39 is 0 Å². The quantitative estimate of drug-likeness (QED) is 0.643. The molecule has 0 spiro atoms. The molecule has 1 rings (SSSR count). The molecule has 0 bridgehead atoms. The van der Waals surface area contributed by atoms with Crippen molar-refractivity contribution < 1.29 is 0 Å². The Morgan fingerprint density at radius 1 is 1.00 bits per heavy atom. The Labute approximate surface area is 73.3 Å². The average molecular weight is 168 g/mol. The van der Waals surface area contributed by atoms with E-state index in [1.54, 1.807) is 9.75 Å². The Kier molecular flexibility index (Phi) is 3.64. The lowest BCUT2D eigenvalue weighted by atomic mass is 10.2. The fourth-order valence-corrected chi connectivity index (χ4v) is 2.41. The predicted molar refractivity (Wildman–Crippen MR) is 52.3 cm³/mol. The molecule has 62 valence electrons. The fraction of sp³-hybridized carbons (Fsp3) is 0.600. The molecule has 0 aromatic carbocycles. The van der Waals surface area contributed by atoms with Crippen molar-refractivity contribution in [2.75, 3.05) is 0 Å². The van der Waals surface area contributed by atoms with Crippen LogP contribution < -0.4 is 0 Å². The van der Waals surface area contributed by atoms with Crippen molar-refractivity contribution in [3.8, 4) is 0 Å². The summed E-state index contributed by atoms with van der Waals surface area (Å²) in [6, 6.07) is 4.55. The van der Waals surface area contributed by atoms with E-state index in [2.05, 4.69) is 26.0 Å². The minimum Gasteiger partial charge on any atom is -0.145 e. The second-order valence-electron chi connectivity index (χ2n) is 2.87. The largest absolute Gasteiger partial charge is 0.145 e. The Balaban J connectivity index is 2.51. The highest BCUT2D eigenvalue weighted by Crippen LogP contribution is 2.18. The van der Waals surface area contributed by atoms with Gasteiger partial charge in [0.1, 0.15) is 0 Å². The zero-order valence-electron chi connectivity index (χ0n) is 7.39. The third-order valence-electron chi connectivity index (χ3n) is 1.71. The third kappa shape index (κ3) is 2.66. The van der Waals surface area contributed by atoms with Crippen molar-refractivity contribution in [2.24, 2.45) is 0 Å². The molecule has 0 aliphatic rings. The van der Waals surface area contributed by atoms with E-state index in [4.69, 9.17) is 0 Å². The highest BCUT2D eigenvalue weighted by atomic mass is 32.1. The van der Waals surface area contributed by atoms with Gasteiger partial charge in [-0.1, -0.05) is 26.7 Å². The molecule has 0 amide bonds. The van der Waals surface area contributed by atoms with Crippen LogP contribution in [0.15, 0.2) is 12.1 Å². The Bertz CT molecular complexity index is 180. The van der Waals surface area contributed by atoms with Crippen molar-refractivity contribution in [1.29, 1.82) is 0 Å². The van der Waals surface area contributed by atoms with Gasteiger partial charge in [-0.2, -0.15) is 0 Å². The second-order valence-corrected chi connectivity index (χ2v) is 4.12. The van der Waals surface area contributed by atoms with E-state index in [9.17, 15) is 0 Å². The summed E-state index contributed by atoms with van der Waals surface area (Å²) >= 11 is 1.98. The molecule has 1 aromatic heterocycles. The minimum absolute atomic E-state index is 1.26. The summed E-state index contributed by atoms with van der Waals surface area (Å²) in [4.78, 5) is 3.10. The molecule has 11 heavy (non-hydrogen) atoms. The molecule has 0 aliphatic heterocycles. The Hall–Kier alpha value is -0.300. The van der Waals surface area contributed by atoms with Gasteiger partial charge < -0.3 is 0 Å². The van der Waals surface area contributed by atoms with Crippen LogP contribution in [0.3, 0.4) is 0 Å². The van der Waals surface area contributed by atoms with Gasteiger partial charge in [0.05, 0.1) is 0 Å². The molecule has 1 heteroatoms. The van der Waals surface area contributed by atoms with Crippen molar-refractivity contribution in [1.82, 2.24) is 0 Å². The van der Waals surface area contributed by atoms with E-state index in [0.29, 0.717) is 0 Å². The number of rotatable bonds is 4. The van der Waals surface area contributed by atoms with Gasteiger partial charge in [-0.25, -0.2) is 0 Å². The summed E-state index contributed by atoms with van der Waals surface area (Å²) in [7, 11) is 0. The lowest BCUT2D eigenvalue weighted by Gasteiger charge is -1.90. The fourth-order valence-electron chi connectivity index (χ4n) is 1.18. The van der Waals surface area contributed by atoms with Gasteiger partial charge >= 0.3 is 0 Å². The predicted octanol–water partition coefficient (Wildman–Crippen LogP) is 3.65. The molecular weight excluding hydrogens is 152 g/mol. The van der Waals surface area contributed by atoms with Crippen LogP contribution in [-0.2, 0) is 12.8 Å². The maximum absolute atomic E-state index is 2.28. The van der Waals surface area contributed by atoms with Crippen molar-refractivity contribution >= 4 is 11.3 Å². The van der Waals surface area contributed by atoms with E-state index in [0.717, 1.165) is 0 Å². The first-order chi connectivity index (χ1) is 5.36. The minimum atomic E-state index is 1.26. The lowest BCUT2D eigenvalue weighted by molar-refractivity contribution is 0.939. The molecule has 1 aromatic rings. The standard InChI is InChI=1S/C10H16S/c1-3-5-9-7-8-10(11-9)6-4-2/h7-8H,3-6H2,1-2H3. The van der Waals surface area contributed by atoms with Crippen LogP contribution in [0.5, 0.6) is 0 Å². The molecule has 0 atom stereocenters. The zero-order valence-corrected chi connectivity index (χ0v) is 8.21. The van der Waals surface area contributed by atoms with E-state index in [-0.39, 0.29) is 0 Å². The summed E-state index contributed by atoms with van der Waals surface area (Å²) < 4.78 is 0. The Morgan fingerprint density at radius 3 is 1.82 bits per heavy atom. The van der Waals surface area contributed by atoms with Crippen LogP contribution in [0.2, 0.25) is 0 Å². The molecule has 0 radical (unpaired) electrons. The third-order valence-corrected chi connectivity index (χ3v) is 2.91.